The van der Waals surface area contributed by atoms with Crippen molar-refractivity contribution in [1.29, 1.82) is 0 Å². The molecule has 9 nitrogen and oxygen atoms in total. The Labute approximate surface area is 231 Å². The van der Waals surface area contributed by atoms with Gasteiger partial charge in [-0.1, -0.05) is 39.8 Å². The number of carbonyl (C=O) groups excluding carboxylic acids is 1. The summed E-state index contributed by atoms with van der Waals surface area (Å²) in [5, 5.41) is 17.1. The number of rotatable bonds is 7. The molecule has 2 heterocycles. The van der Waals surface area contributed by atoms with Crippen LogP contribution in [0.1, 0.15) is 76.3 Å². The molecule has 39 heavy (non-hydrogen) atoms. The molecule has 1 aromatic carbocycles. The van der Waals surface area contributed by atoms with Gasteiger partial charge >= 0.3 is 0 Å². The van der Waals surface area contributed by atoms with Gasteiger partial charge in [0.25, 0.3) is 10.0 Å². The van der Waals surface area contributed by atoms with Crippen molar-refractivity contribution in [3.05, 3.63) is 71.0 Å². The molecule has 4 rings (SSSR count). The molecule has 0 fully saturated rings. The van der Waals surface area contributed by atoms with Gasteiger partial charge in [-0.2, -0.15) is 5.10 Å². The van der Waals surface area contributed by atoms with Gasteiger partial charge in [-0.15, -0.1) is 5.10 Å². The molecule has 1 unspecified atom stereocenters. The highest BCUT2D eigenvalue weighted by molar-refractivity contribution is 7.92. The minimum Gasteiger partial charge on any atom is -0.550 e. The number of nitrogens with one attached hydrogen (secondary N) is 1. The van der Waals surface area contributed by atoms with E-state index < -0.39 is 16.0 Å². The lowest BCUT2D eigenvalue weighted by atomic mass is 9.75. The number of benzene rings is 1. The number of sulfonamides is 1. The van der Waals surface area contributed by atoms with Gasteiger partial charge in [-0.05, 0) is 85.9 Å². The summed E-state index contributed by atoms with van der Waals surface area (Å²) in [5.41, 5.74) is 4.12. The van der Waals surface area contributed by atoms with Gasteiger partial charge in [0.1, 0.15) is 0 Å². The van der Waals surface area contributed by atoms with Gasteiger partial charge in [-0.3, -0.25) is 4.72 Å². The van der Waals surface area contributed by atoms with Crippen LogP contribution in [0.2, 0.25) is 0 Å². The molecule has 1 aliphatic rings. The second-order valence-corrected chi connectivity index (χ2v) is 12.4. The molecule has 10 heteroatoms. The number of aliphatic carboxylic acids is 1. The van der Waals surface area contributed by atoms with Crippen molar-refractivity contribution in [2.75, 3.05) is 11.3 Å². The second-order valence-electron chi connectivity index (χ2n) is 10.7. The first-order valence-corrected chi connectivity index (χ1v) is 14.5. The Hall–Kier alpha value is -3.53. The number of carboxylic acid groups (broad SMARTS) is 1. The molecule has 0 saturated carbocycles. The van der Waals surface area contributed by atoms with Crippen molar-refractivity contribution in [1.82, 2.24) is 15.2 Å². The van der Waals surface area contributed by atoms with Crippen LogP contribution in [0.5, 0.6) is 5.88 Å². The Morgan fingerprint density at radius 2 is 1.85 bits per heavy atom. The number of carbonyl (C=O) groups is 1. The quantitative estimate of drug-likeness (QED) is 0.463. The Bertz CT molecular complexity index is 1360. The van der Waals surface area contributed by atoms with Gasteiger partial charge in [0, 0.05) is 23.6 Å². The SMILES string of the molecule is CC(=O)[O-].CCOc1ccc([C@@H](C)C2CCc3ccc(S(=O)(=O)Nc4ccc(C(C)(C)C)nn4)cc3C2)cn1. The van der Waals surface area contributed by atoms with E-state index in [-0.39, 0.29) is 16.1 Å². The molecule has 3 aromatic rings. The Balaban J connectivity index is 0.000000983. The molecular weight excluding hydrogens is 516 g/mol. The monoisotopic (exact) mass is 553 g/mol. The molecule has 1 N–H and O–H groups in total. The number of nitrogens with zero attached hydrogens (tertiary/aromatic N) is 3. The Kier molecular flexibility index (Phi) is 9.66. The molecule has 0 radical (unpaired) electrons. The van der Waals surface area contributed by atoms with Crippen LogP contribution in [0.4, 0.5) is 5.82 Å². The van der Waals surface area contributed by atoms with E-state index in [0.29, 0.717) is 24.3 Å². The first-order valence-electron chi connectivity index (χ1n) is 13.0. The number of pyridine rings is 1. The molecule has 0 aliphatic heterocycles. The summed E-state index contributed by atoms with van der Waals surface area (Å²) < 4.78 is 34.2. The molecule has 2 atom stereocenters. The zero-order valence-electron chi connectivity index (χ0n) is 23.4. The van der Waals surface area contributed by atoms with Crippen LogP contribution >= 0.6 is 0 Å². The number of anilines is 1. The van der Waals surface area contributed by atoms with Crippen molar-refractivity contribution in [2.45, 2.75) is 77.0 Å². The number of fused-ring (bicyclic) bond motifs is 1. The predicted molar refractivity (Wildman–Crippen MR) is 148 cm³/mol. The third kappa shape index (κ3) is 8.23. The minimum absolute atomic E-state index is 0.155. The largest absolute Gasteiger partial charge is 0.550 e. The molecule has 1 aliphatic carbocycles. The van der Waals surface area contributed by atoms with E-state index in [1.807, 2.05) is 52.1 Å². The molecular formula is C29H37N4O5S-. The zero-order chi connectivity index (χ0) is 28.8. The number of carboxylic acids is 1. The highest BCUT2D eigenvalue weighted by atomic mass is 32.2. The summed E-state index contributed by atoms with van der Waals surface area (Å²) >= 11 is 0. The first-order chi connectivity index (χ1) is 18.3. The minimum atomic E-state index is -3.77. The third-order valence-corrected chi connectivity index (χ3v) is 8.06. The molecule has 0 amide bonds. The second kappa shape index (κ2) is 12.5. The smallest absolute Gasteiger partial charge is 0.263 e. The van der Waals surface area contributed by atoms with Crippen LogP contribution in [0.25, 0.3) is 0 Å². The van der Waals surface area contributed by atoms with E-state index in [2.05, 4.69) is 32.9 Å². The van der Waals surface area contributed by atoms with Gasteiger partial charge < -0.3 is 14.6 Å². The van der Waals surface area contributed by atoms with Crippen molar-refractivity contribution >= 4 is 21.8 Å². The van der Waals surface area contributed by atoms with Crippen molar-refractivity contribution in [2.24, 2.45) is 5.92 Å². The summed E-state index contributed by atoms with van der Waals surface area (Å²) in [6.45, 7) is 11.8. The molecule has 0 bridgehead atoms. The topological polar surface area (TPSA) is 134 Å². The molecule has 2 aromatic heterocycles. The summed E-state index contributed by atoms with van der Waals surface area (Å²) in [6, 6.07) is 12.9. The lowest BCUT2D eigenvalue weighted by Crippen LogP contribution is -2.21. The fourth-order valence-corrected chi connectivity index (χ4v) is 5.55. The zero-order valence-corrected chi connectivity index (χ0v) is 24.2. The third-order valence-electron chi connectivity index (χ3n) is 6.71. The van der Waals surface area contributed by atoms with E-state index in [9.17, 15) is 8.42 Å². The standard InChI is InChI=1S/C27H34N4O3S.C2H4O2/c1-6-34-26-14-10-21(17-28-26)18(2)20-8-7-19-9-11-23(16-22(19)15-20)35(32,33)31-25-13-12-24(29-30-25)27(3,4)5;1-2(3)4/h9-14,16-18,20H,6-8,15H2,1-5H3,(H,30,31);1H3,(H,3,4)/p-1/t18-,20?;/m0./s1. The van der Waals surface area contributed by atoms with Crippen LogP contribution < -0.4 is 14.6 Å². The maximum atomic E-state index is 13.1. The summed E-state index contributed by atoms with van der Waals surface area (Å²) in [4.78, 5) is 13.5. The van der Waals surface area contributed by atoms with Crippen molar-refractivity contribution in [3.8, 4) is 5.88 Å². The predicted octanol–water partition coefficient (Wildman–Crippen LogP) is 4.03. The van der Waals surface area contributed by atoms with E-state index >= 15 is 0 Å². The lowest BCUT2D eigenvalue weighted by molar-refractivity contribution is -0.302. The summed E-state index contributed by atoms with van der Waals surface area (Å²) in [5.74, 6) is 0.480. The number of hydrogen-bond donors (Lipinski definition) is 1. The Morgan fingerprint density at radius 3 is 2.41 bits per heavy atom. The number of aryl methyl sites for hydroxylation is 1. The van der Waals surface area contributed by atoms with Gasteiger partial charge in [0.2, 0.25) is 5.88 Å². The summed E-state index contributed by atoms with van der Waals surface area (Å²) in [7, 11) is -3.77. The number of ether oxygens (including phenoxy) is 1. The van der Waals surface area contributed by atoms with Gasteiger partial charge in [-0.25, -0.2) is 13.4 Å². The van der Waals surface area contributed by atoms with E-state index in [1.165, 1.54) is 11.1 Å². The number of hydrogen-bond acceptors (Lipinski definition) is 8. The van der Waals surface area contributed by atoms with E-state index in [4.69, 9.17) is 14.6 Å². The van der Waals surface area contributed by atoms with Crippen LogP contribution in [0, 0.1) is 5.92 Å². The van der Waals surface area contributed by atoms with E-state index in [0.717, 1.165) is 37.4 Å². The molecule has 0 spiro atoms. The maximum Gasteiger partial charge on any atom is 0.263 e. The highest BCUT2D eigenvalue weighted by Gasteiger charge is 2.27. The van der Waals surface area contributed by atoms with Crippen molar-refractivity contribution in [3.63, 3.8) is 0 Å². The summed E-state index contributed by atoms with van der Waals surface area (Å²) in [6.07, 6.45) is 4.71. The van der Waals surface area contributed by atoms with Crippen LogP contribution in [0.3, 0.4) is 0 Å². The van der Waals surface area contributed by atoms with Crippen LogP contribution in [-0.4, -0.2) is 36.2 Å². The van der Waals surface area contributed by atoms with Gasteiger partial charge in [0.05, 0.1) is 17.2 Å². The highest BCUT2D eigenvalue weighted by Crippen LogP contribution is 2.36. The van der Waals surface area contributed by atoms with E-state index in [1.54, 1.807) is 18.2 Å². The fraction of sp³-hybridized carbons (Fsp3) is 0.448. The van der Waals surface area contributed by atoms with Crippen molar-refractivity contribution < 1.29 is 23.1 Å². The maximum absolute atomic E-state index is 13.1. The first kappa shape index (κ1) is 30.0. The van der Waals surface area contributed by atoms with Gasteiger partial charge in [0.15, 0.2) is 5.82 Å². The fourth-order valence-electron chi connectivity index (χ4n) is 4.51. The van der Waals surface area contributed by atoms with Crippen LogP contribution in [0.15, 0.2) is 53.6 Å². The molecule has 210 valence electrons. The van der Waals surface area contributed by atoms with Crippen LogP contribution in [-0.2, 0) is 33.1 Å². The average molecular weight is 554 g/mol. The average Bonchev–Trinajstić information content (AvgIpc) is 2.87. The normalized spacial score (nSPS) is 15.8. The Morgan fingerprint density at radius 1 is 1.13 bits per heavy atom. The molecule has 0 saturated heterocycles. The lowest BCUT2D eigenvalue weighted by Gasteiger charge is -2.30. The number of aromatic nitrogens is 3.